The normalized spacial score (nSPS) is 15.6. The van der Waals surface area contributed by atoms with Gasteiger partial charge in [-0.05, 0) is 37.4 Å². The van der Waals surface area contributed by atoms with Crippen LogP contribution in [-0.2, 0) is 0 Å². The van der Waals surface area contributed by atoms with E-state index in [2.05, 4.69) is 55.6 Å². The molecular formula is C16H26BrNO. The Labute approximate surface area is 126 Å². The highest BCUT2D eigenvalue weighted by atomic mass is 79.9. The third kappa shape index (κ3) is 4.90. The fraction of sp³-hybridized carbons (Fsp3) is 0.625. The largest absolute Gasteiger partial charge is 0.388 e. The Morgan fingerprint density at radius 2 is 1.84 bits per heavy atom. The van der Waals surface area contributed by atoms with Gasteiger partial charge in [0.05, 0.1) is 6.10 Å². The molecule has 0 bridgehead atoms. The second-order valence-corrected chi connectivity index (χ2v) is 7.20. The smallest absolute Gasteiger partial charge is 0.0813 e. The van der Waals surface area contributed by atoms with Gasteiger partial charge < -0.3 is 10.0 Å². The highest BCUT2D eigenvalue weighted by Crippen LogP contribution is 2.27. The van der Waals surface area contributed by atoms with Crippen molar-refractivity contribution < 1.29 is 5.11 Å². The average molecular weight is 328 g/mol. The van der Waals surface area contributed by atoms with Gasteiger partial charge in [0, 0.05) is 17.1 Å². The van der Waals surface area contributed by atoms with Gasteiger partial charge in [0.15, 0.2) is 0 Å². The minimum Gasteiger partial charge on any atom is -0.388 e. The molecule has 0 saturated heterocycles. The van der Waals surface area contributed by atoms with Crippen LogP contribution in [0.1, 0.15) is 45.8 Å². The number of halogens is 1. The zero-order chi connectivity index (χ0) is 14.6. The number of aliphatic hydroxyl groups excluding tert-OH is 1. The van der Waals surface area contributed by atoms with E-state index in [0.29, 0.717) is 6.04 Å². The molecule has 0 heterocycles. The van der Waals surface area contributed by atoms with Crippen LogP contribution >= 0.6 is 15.9 Å². The van der Waals surface area contributed by atoms with E-state index >= 15 is 0 Å². The molecule has 0 saturated carbocycles. The quantitative estimate of drug-likeness (QED) is 0.874. The van der Waals surface area contributed by atoms with Crippen LogP contribution < -0.4 is 0 Å². The molecule has 3 heteroatoms. The van der Waals surface area contributed by atoms with Crippen LogP contribution in [0.25, 0.3) is 0 Å². The van der Waals surface area contributed by atoms with E-state index in [0.717, 1.165) is 23.0 Å². The lowest BCUT2D eigenvalue weighted by molar-refractivity contribution is 0.104. The molecule has 0 spiro atoms. The lowest BCUT2D eigenvalue weighted by Crippen LogP contribution is -2.40. The topological polar surface area (TPSA) is 23.5 Å². The van der Waals surface area contributed by atoms with Crippen molar-refractivity contribution in [3.63, 3.8) is 0 Å². The zero-order valence-corrected chi connectivity index (χ0v) is 14.2. The van der Waals surface area contributed by atoms with Crippen LogP contribution in [0.15, 0.2) is 28.7 Å². The van der Waals surface area contributed by atoms with Crippen LogP contribution in [0.5, 0.6) is 0 Å². The van der Waals surface area contributed by atoms with Gasteiger partial charge in [0.1, 0.15) is 0 Å². The van der Waals surface area contributed by atoms with Crippen LogP contribution in [-0.4, -0.2) is 29.6 Å². The maximum absolute atomic E-state index is 10.3. The van der Waals surface area contributed by atoms with E-state index < -0.39 is 6.10 Å². The molecular weight excluding hydrogens is 302 g/mol. The summed E-state index contributed by atoms with van der Waals surface area (Å²) in [5.74, 6) is 0. The molecule has 1 N–H and O–H groups in total. The van der Waals surface area contributed by atoms with Gasteiger partial charge in [-0.25, -0.2) is 0 Å². The Morgan fingerprint density at radius 3 is 2.37 bits per heavy atom. The second-order valence-electron chi connectivity index (χ2n) is 6.35. The highest BCUT2D eigenvalue weighted by Gasteiger charge is 2.24. The lowest BCUT2D eigenvalue weighted by Gasteiger charge is -2.35. The fourth-order valence-electron chi connectivity index (χ4n) is 2.08. The van der Waals surface area contributed by atoms with Gasteiger partial charge in [0.2, 0.25) is 0 Å². The maximum atomic E-state index is 10.3. The van der Waals surface area contributed by atoms with E-state index in [4.69, 9.17) is 0 Å². The minimum absolute atomic E-state index is 0.257. The molecule has 108 valence electrons. The molecule has 2 atom stereocenters. The third-order valence-electron chi connectivity index (χ3n) is 3.93. The summed E-state index contributed by atoms with van der Waals surface area (Å²) in [4.78, 5) is 2.32. The Bertz CT molecular complexity index is 400. The second kappa shape index (κ2) is 6.87. The molecule has 0 aliphatic heterocycles. The molecule has 2 unspecified atom stereocenters. The fourth-order valence-corrected chi connectivity index (χ4v) is 2.63. The van der Waals surface area contributed by atoms with Gasteiger partial charge in [-0.3, -0.25) is 0 Å². The van der Waals surface area contributed by atoms with Crippen LogP contribution in [0.2, 0.25) is 0 Å². The number of nitrogens with zero attached hydrogens (tertiary/aromatic N) is 1. The van der Waals surface area contributed by atoms with Crippen molar-refractivity contribution >= 4 is 15.9 Å². The van der Waals surface area contributed by atoms with Gasteiger partial charge in [-0.2, -0.15) is 0 Å². The predicted molar refractivity (Wildman–Crippen MR) is 85.3 cm³/mol. The van der Waals surface area contributed by atoms with Crippen molar-refractivity contribution in [3.8, 4) is 0 Å². The summed E-state index contributed by atoms with van der Waals surface area (Å²) in [6, 6.07) is 8.36. The Hall–Kier alpha value is -0.380. The first-order valence-corrected chi connectivity index (χ1v) is 7.65. The van der Waals surface area contributed by atoms with E-state index in [9.17, 15) is 5.11 Å². The number of aliphatic hydroxyl groups is 1. The van der Waals surface area contributed by atoms with Crippen LogP contribution in [0.4, 0.5) is 0 Å². The number of rotatable bonds is 5. The molecule has 0 aliphatic carbocycles. The van der Waals surface area contributed by atoms with Crippen molar-refractivity contribution in [1.82, 2.24) is 4.90 Å². The minimum atomic E-state index is -0.412. The molecule has 0 radical (unpaired) electrons. The molecule has 1 aromatic rings. The van der Waals surface area contributed by atoms with Gasteiger partial charge in [0.25, 0.3) is 0 Å². The molecule has 0 fully saturated rings. The van der Waals surface area contributed by atoms with E-state index in [1.54, 1.807) is 0 Å². The first-order chi connectivity index (χ1) is 8.73. The zero-order valence-electron chi connectivity index (χ0n) is 12.7. The van der Waals surface area contributed by atoms with Crippen molar-refractivity contribution in [2.45, 2.75) is 46.3 Å². The Morgan fingerprint density at radius 1 is 1.26 bits per heavy atom. The Kier molecular flexibility index (Phi) is 6.03. The molecule has 19 heavy (non-hydrogen) atoms. The first-order valence-electron chi connectivity index (χ1n) is 6.86. The summed E-state index contributed by atoms with van der Waals surface area (Å²) < 4.78 is 0.981. The molecule has 0 aliphatic rings. The molecule has 1 rings (SSSR count). The predicted octanol–water partition coefficient (Wildman–Crippen LogP) is 4.24. The average Bonchev–Trinajstić information content (AvgIpc) is 2.34. The number of hydrogen-bond donors (Lipinski definition) is 1. The number of benzene rings is 1. The van der Waals surface area contributed by atoms with Crippen LogP contribution in [0.3, 0.4) is 0 Å². The molecule has 1 aromatic carbocycles. The van der Waals surface area contributed by atoms with E-state index in [1.165, 1.54) is 0 Å². The van der Waals surface area contributed by atoms with Gasteiger partial charge >= 0.3 is 0 Å². The van der Waals surface area contributed by atoms with Crippen molar-refractivity contribution in [3.05, 3.63) is 34.3 Å². The highest BCUT2D eigenvalue weighted by molar-refractivity contribution is 9.10. The van der Waals surface area contributed by atoms with Gasteiger partial charge in [-0.1, -0.05) is 54.9 Å². The van der Waals surface area contributed by atoms with E-state index in [-0.39, 0.29) is 5.41 Å². The van der Waals surface area contributed by atoms with E-state index in [1.807, 2.05) is 24.3 Å². The summed E-state index contributed by atoms with van der Waals surface area (Å²) in [7, 11) is 2.13. The van der Waals surface area contributed by atoms with Crippen molar-refractivity contribution in [1.29, 1.82) is 0 Å². The lowest BCUT2D eigenvalue weighted by atomic mass is 9.87. The summed E-state index contributed by atoms with van der Waals surface area (Å²) in [5, 5.41) is 10.3. The summed E-state index contributed by atoms with van der Waals surface area (Å²) in [5.41, 5.74) is 1.23. The van der Waals surface area contributed by atoms with Crippen LogP contribution in [0, 0.1) is 5.41 Å². The monoisotopic (exact) mass is 327 g/mol. The molecule has 0 amide bonds. The third-order valence-corrected chi connectivity index (χ3v) is 4.66. The first kappa shape index (κ1) is 16.7. The number of hydrogen-bond acceptors (Lipinski definition) is 2. The molecule has 2 nitrogen and oxygen atoms in total. The summed E-state index contributed by atoms with van der Waals surface area (Å²) in [6.07, 6.45) is 0.338. The molecule has 0 aromatic heterocycles. The van der Waals surface area contributed by atoms with Crippen molar-refractivity contribution in [2.24, 2.45) is 5.41 Å². The summed E-state index contributed by atoms with van der Waals surface area (Å²) >= 11 is 3.49. The Balaban J connectivity index is 2.56. The SMILES string of the molecule is CC(N(C)CCC(O)c1ccccc1Br)C(C)(C)C. The maximum Gasteiger partial charge on any atom is 0.0813 e. The van der Waals surface area contributed by atoms with Gasteiger partial charge in [-0.15, -0.1) is 0 Å². The standard InChI is InChI=1S/C16H26BrNO/c1-12(16(2,3)4)18(5)11-10-15(19)13-8-6-7-9-14(13)17/h6-9,12,15,19H,10-11H2,1-5H3. The summed E-state index contributed by atoms with van der Waals surface area (Å²) in [6.45, 7) is 9.88. The van der Waals surface area contributed by atoms with Crippen molar-refractivity contribution in [2.75, 3.05) is 13.6 Å².